The van der Waals surface area contributed by atoms with E-state index in [0.29, 0.717) is 22.1 Å². The summed E-state index contributed by atoms with van der Waals surface area (Å²) in [5.41, 5.74) is 2.09. The average molecular weight is 452 g/mol. The molecule has 2 aromatic heterocycles. The number of fused-ring (bicyclic) bond motifs is 1. The molecule has 4 rings (SSSR count). The van der Waals surface area contributed by atoms with Crippen molar-refractivity contribution in [1.29, 1.82) is 0 Å². The number of rotatable bonds is 6. The van der Waals surface area contributed by atoms with Crippen LogP contribution in [0.25, 0.3) is 20.8 Å². The van der Waals surface area contributed by atoms with E-state index >= 15 is 0 Å². The highest BCUT2D eigenvalue weighted by atomic mass is 32.1. The fourth-order valence-electron chi connectivity index (χ4n) is 3.95. The molecule has 0 aliphatic heterocycles. The summed E-state index contributed by atoms with van der Waals surface area (Å²) in [6.45, 7) is 2.33. The molecule has 0 amide bonds. The van der Waals surface area contributed by atoms with Crippen molar-refractivity contribution >= 4 is 33.3 Å². The van der Waals surface area contributed by atoms with Crippen LogP contribution in [0.15, 0.2) is 24.3 Å². The van der Waals surface area contributed by atoms with Gasteiger partial charge in [0.2, 0.25) is 5.95 Å². The van der Waals surface area contributed by atoms with Crippen LogP contribution in [0, 0.1) is 12.8 Å². The molecule has 10 heteroatoms. The second-order valence-electron chi connectivity index (χ2n) is 7.97. The van der Waals surface area contributed by atoms with Crippen LogP contribution in [0.4, 0.5) is 24.9 Å². The van der Waals surface area contributed by atoms with Crippen LogP contribution in [-0.2, 0) is 0 Å². The van der Waals surface area contributed by atoms with Crippen LogP contribution in [0.5, 0.6) is 0 Å². The van der Waals surface area contributed by atoms with E-state index in [0.717, 1.165) is 29.5 Å². The number of aliphatic hydroxyl groups excluding tert-OH is 1. The number of halogens is 3. The maximum absolute atomic E-state index is 12.7. The van der Waals surface area contributed by atoms with Gasteiger partial charge in [-0.2, -0.15) is 18.2 Å². The van der Waals surface area contributed by atoms with Crippen molar-refractivity contribution in [3.8, 4) is 10.6 Å². The number of hydrogen-bond acceptors (Lipinski definition) is 7. The minimum absolute atomic E-state index is 0.0671. The van der Waals surface area contributed by atoms with Gasteiger partial charge in [-0.1, -0.05) is 12.1 Å². The number of aromatic nitrogens is 3. The van der Waals surface area contributed by atoms with Gasteiger partial charge in [0.05, 0.1) is 27.6 Å². The van der Waals surface area contributed by atoms with Crippen LogP contribution in [0.3, 0.4) is 0 Å². The lowest BCUT2D eigenvalue weighted by Gasteiger charge is -2.19. The largest absolute Gasteiger partial charge is 0.405 e. The van der Waals surface area contributed by atoms with Crippen LogP contribution >= 0.6 is 11.3 Å². The fraction of sp³-hybridized carbons (Fsp3) is 0.476. The number of alkyl halides is 3. The standard InChI is InChI=1S/C21H24F3N5OS/c1-11-17(19-28-15-5-3-4-6-16(15)31-19)18(27-14-8-7-13(9-14)12(2)30)29-20(26-11)25-10-21(22,23)24/h3-6,12-14,30H,7-10H2,1-2H3,(H2,25,26,27,29). The van der Waals surface area contributed by atoms with Crippen molar-refractivity contribution in [2.45, 2.75) is 51.4 Å². The van der Waals surface area contributed by atoms with Gasteiger partial charge >= 0.3 is 6.18 Å². The number of anilines is 2. The van der Waals surface area contributed by atoms with Gasteiger partial charge in [0, 0.05) is 6.04 Å². The zero-order valence-electron chi connectivity index (χ0n) is 17.2. The molecule has 0 saturated heterocycles. The lowest BCUT2D eigenvalue weighted by molar-refractivity contribution is -0.115. The van der Waals surface area contributed by atoms with Crippen molar-refractivity contribution in [3.63, 3.8) is 0 Å². The monoisotopic (exact) mass is 451 g/mol. The quantitative estimate of drug-likeness (QED) is 0.489. The van der Waals surface area contributed by atoms with Crippen molar-refractivity contribution in [1.82, 2.24) is 15.0 Å². The molecule has 0 spiro atoms. The maximum atomic E-state index is 12.7. The Morgan fingerprint density at radius 2 is 1.97 bits per heavy atom. The Balaban J connectivity index is 1.70. The Kier molecular flexibility index (Phi) is 6.02. The zero-order valence-corrected chi connectivity index (χ0v) is 18.0. The summed E-state index contributed by atoms with van der Waals surface area (Å²) < 4.78 is 39.1. The molecule has 1 aromatic carbocycles. The topological polar surface area (TPSA) is 83.0 Å². The normalized spacial score (nSPS) is 20.2. The second-order valence-corrected chi connectivity index (χ2v) is 9.00. The summed E-state index contributed by atoms with van der Waals surface area (Å²) in [6, 6.07) is 7.81. The molecular weight excluding hydrogens is 427 g/mol. The number of thiazole rings is 1. The fourth-order valence-corrected chi connectivity index (χ4v) is 5.01. The van der Waals surface area contributed by atoms with E-state index in [-0.39, 0.29) is 17.9 Å². The molecule has 3 atom stereocenters. The SMILES string of the molecule is Cc1nc(NCC(F)(F)F)nc(NC2CCC(C(C)O)C2)c1-c1nc2ccccc2s1. The summed E-state index contributed by atoms with van der Waals surface area (Å²) in [7, 11) is 0. The summed E-state index contributed by atoms with van der Waals surface area (Å²) in [4.78, 5) is 13.3. The van der Waals surface area contributed by atoms with Crippen molar-refractivity contribution in [3.05, 3.63) is 30.0 Å². The van der Waals surface area contributed by atoms with E-state index < -0.39 is 18.8 Å². The van der Waals surface area contributed by atoms with E-state index in [1.165, 1.54) is 11.3 Å². The lowest BCUT2D eigenvalue weighted by atomic mass is 10.0. The molecule has 1 aliphatic carbocycles. The summed E-state index contributed by atoms with van der Waals surface area (Å²) >= 11 is 1.49. The van der Waals surface area contributed by atoms with Gasteiger partial charge in [-0.05, 0) is 51.2 Å². The minimum atomic E-state index is -4.37. The first kappa shape index (κ1) is 21.8. The summed E-state index contributed by atoms with van der Waals surface area (Å²) in [5, 5.41) is 16.3. The van der Waals surface area contributed by atoms with Gasteiger partial charge in [-0.15, -0.1) is 11.3 Å². The molecule has 2 heterocycles. The van der Waals surface area contributed by atoms with Gasteiger partial charge < -0.3 is 15.7 Å². The van der Waals surface area contributed by atoms with Crippen LogP contribution in [0.2, 0.25) is 0 Å². The van der Waals surface area contributed by atoms with Gasteiger partial charge in [0.1, 0.15) is 17.4 Å². The third kappa shape index (κ3) is 5.07. The van der Waals surface area contributed by atoms with Crippen molar-refractivity contribution in [2.75, 3.05) is 17.2 Å². The molecule has 3 unspecified atom stereocenters. The number of aryl methyl sites for hydroxylation is 1. The van der Waals surface area contributed by atoms with Gasteiger partial charge in [-0.25, -0.2) is 9.97 Å². The van der Waals surface area contributed by atoms with E-state index in [2.05, 4.69) is 20.6 Å². The van der Waals surface area contributed by atoms with E-state index in [1.54, 1.807) is 13.8 Å². The highest BCUT2D eigenvalue weighted by molar-refractivity contribution is 7.21. The molecule has 3 N–H and O–H groups in total. The maximum Gasteiger partial charge on any atom is 0.405 e. The predicted molar refractivity (Wildman–Crippen MR) is 116 cm³/mol. The molecule has 0 bridgehead atoms. The molecule has 1 aliphatic rings. The first-order valence-electron chi connectivity index (χ1n) is 10.2. The Morgan fingerprint density at radius 1 is 1.19 bits per heavy atom. The van der Waals surface area contributed by atoms with Crippen LogP contribution in [0.1, 0.15) is 31.9 Å². The summed E-state index contributed by atoms with van der Waals surface area (Å²) in [5.74, 6) is 0.578. The predicted octanol–water partition coefficient (Wildman–Crippen LogP) is 5.00. The van der Waals surface area contributed by atoms with E-state index in [1.807, 2.05) is 24.3 Å². The van der Waals surface area contributed by atoms with Gasteiger partial charge in [0.15, 0.2) is 0 Å². The smallest absolute Gasteiger partial charge is 0.393 e. The molecular formula is C21H24F3N5OS. The van der Waals surface area contributed by atoms with Crippen molar-refractivity contribution in [2.24, 2.45) is 5.92 Å². The number of aliphatic hydroxyl groups is 1. The molecule has 6 nitrogen and oxygen atoms in total. The van der Waals surface area contributed by atoms with Crippen molar-refractivity contribution < 1.29 is 18.3 Å². The Labute approximate surface area is 182 Å². The molecule has 0 radical (unpaired) electrons. The lowest BCUT2D eigenvalue weighted by Crippen LogP contribution is -2.24. The molecule has 1 saturated carbocycles. The van der Waals surface area contributed by atoms with E-state index in [4.69, 9.17) is 4.98 Å². The van der Waals surface area contributed by atoms with Crippen LogP contribution in [-0.4, -0.2) is 44.9 Å². The second kappa shape index (κ2) is 8.58. The zero-order chi connectivity index (χ0) is 22.2. The number of hydrogen-bond donors (Lipinski definition) is 3. The average Bonchev–Trinajstić information content (AvgIpc) is 3.32. The highest BCUT2D eigenvalue weighted by Crippen LogP contribution is 2.38. The first-order chi connectivity index (χ1) is 14.7. The Hall–Kier alpha value is -2.46. The first-order valence-corrected chi connectivity index (χ1v) is 11.0. The number of nitrogens with zero attached hydrogens (tertiary/aromatic N) is 3. The third-order valence-corrected chi connectivity index (χ3v) is 6.59. The number of para-hydroxylation sites is 1. The molecule has 31 heavy (non-hydrogen) atoms. The number of nitrogens with one attached hydrogen (secondary N) is 2. The van der Waals surface area contributed by atoms with Crippen LogP contribution < -0.4 is 10.6 Å². The van der Waals surface area contributed by atoms with E-state index in [9.17, 15) is 18.3 Å². The highest BCUT2D eigenvalue weighted by Gasteiger charge is 2.30. The Bertz CT molecular complexity index is 1040. The third-order valence-electron chi connectivity index (χ3n) is 5.54. The molecule has 166 valence electrons. The van der Waals surface area contributed by atoms with Gasteiger partial charge in [-0.3, -0.25) is 0 Å². The Morgan fingerprint density at radius 3 is 2.65 bits per heavy atom. The molecule has 1 fully saturated rings. The van der Waals surface area contributed by atoms with Gasteiger partial charge in [0.25, 0.3) is 0 Å². The number of benzene rings is 1. The summed E-state index contributed by atoms with van der Waals surface area (Å²) in [6.07, 6.45) is -2.26. The molecule has 3 aromatic rings. The minimum Gasteiger partial charge on any atom is -0.393 e.